The number of aliphatic hydroxyl groups is 1. The number of nitrogens with zero attached hydrogens (tertiary/aromatic N) is 2. The van der Waals surface area contributed by atoms with E-state index in [2.05, 4.69) is 18.1 Å². The van der Waals surface area contributed by atoms with Crippen molar-refractivity contribution in [1.29, 1.82) is 0 Å². The minimum absolute atomic E-state index is 0.126. The van der Waals surface area contributed by atoms with E-state index in [0.717, 1.165) is 22.5 Å². The number of hydrogen-bond donors (Lipinski definition) is 6. The fourth-order valence-electron chi connectivity index (χ4n) is 3.08. The third kappa shape index (κ3) is 5.33. The lowest BCUT2D eigenvalue weighted by Crippen LogP contribution is -2.54. The lowest BCUT2D eigenvalue weighted by molar-refractivity contribution is -0.204. The molecule has 3 rings (SSSR count). The molecule has 1 aromatic rings. The molecule has 182 valence electrons. The van der Waals surface area contributed by atoms with Crippen LogP contribution in [-0.2, 0) is 31.6 Å². The smallest absolute Gasteiger partial charge is 0.385 e. The second kappa shape index (κ2) is 8.50. The first-order chi connectivity index (χ1) is 14.5. The Morgan fingerprint density at radius 1 is 1.28 bits per heavy atom. The average molecular weight is 543 g/mol. The molecule has 16 nitrogen and oxygen atoms in total. The van der Waals surface area contributed by atoms with Crippen LogP contribution in [0, 0.1) is 0 Å². The highest BCUT2D eigenvalue weighted by atomic mass is 32.2. The van der Waals surface area contributed by atoms with Crippen LogP contribution in [0.5, 0.6) is 0 Å². The topological polar surface area (TPSA) is 250 Å². The van der Waals surface area contributed by atoms with E-state index < -0.39 is 58.7 Å². The van der Waals surface area contributed by atoms with Crippen molar-refractivity contribution in [3.63, 3.8) is 0 Å². The molecule has 0 amide bonds. The maximum Gasteiger partial charge on any atom is 0.490 e. The number of nitrogens with two attached hydrogens (primary N) is 1. The molecule has 2 unspecified atom stereocenters. The van der Waals surface area contributed by atoms with Crippen LogP contribution in [0.2, 0.25) is 0 Å². The Kier molecular flexibility index (Phi) is 6.88. The highest BCUT2D eigenvalue weighted by molar-refractivity contribution is 8.02. The van der Waals surface area contributed by atoms with Gasteiger partial charge in [0.05, 0.1) is 4.75 Å². The van der Waals surface area contributed by atoms with Crippen LogP contribution in [0.15, 0.2) is 17.1 Å². The van der Waals surface area contributed by atoms with Crippen LogP contribution >= 0.6 is 35.2 Å². The third-order valence-corrected chi connectivity index (χ3v) is 9.76. The molecular formula is C11H17FN3O13P3S. The highest BCUT2D eigenvalue weighted by Gasteiger charge is 2.69. The second-order valence-electron chi connectivity index (χ2n) is 6.62. The lowest BCUT2D eigenvalue weighted by atomic mass is 9.93. The third-order valence-electron chi connectivity index (χ3n) is 4.40. The molecule has 2 saturated heterocycles. The standard InChI is InChI=1S/C11H17FN3O13P3S/c12-11(5-25-30(21,22)28-31(23,24)27-29(18,19)20)7(16)10(2-4-32-10)8(26-11)15-3-1-6(13)14-9(15)17/h1,3,7-8,16H,2,4-5H2,(H,21,22)(H,23,24)(H2,13,14,17)(H2,18,19,20)/t7-,8+,10+,11+/m0/s1. The zero-order valence-electron chi connectivity index (χ0n) is 15.5. The summed E-state index contributed by atoms with van der Waals surface area (Å²) >= 11 is 1.05. The molecule has 0 aliphatic carbocycles. The second-order valence-corrected chi connectivity index (χ2v) is 12.5. The molecule has 1 aromatic heterocycles. The van der Waals surface area contributed by atoms with Gasteiger partial charge in [-0.3, -0.25) is 9.09 Å². The van der Waals surface area contributed by atoms with Crippen molar-refractivity contribution in [2.45, 2.75) is 29.4 Å². The van der Waals surface area contributed by atoms with E-state index >= 15 is 4.39 Å². The number of phosphoric acid groups is 3. The molecular weight excluding hydrogens is 526 g/mol. The molecule has 1 spiro atoms. The van der Waals surface area contributed by atoms with Gasteiger partial charge in [-0.1, -0.05) is 0 Å². The summed E-state index contributed by atoms with van der Waals surface area (Å²) in [5.41, 5.74) is 4.49. The molecule has 2 aliphatic heterocycles. The fraction of sp³-hybridized carbons (Fsp3) is 0.636. The molecule has 3 heterocycles. The molecule has 2 fully saturated rings. The van der Waals surface area contributed by atoms with Gasteiger partial charge in [-0.15, -0.1) is 11.8 Å². The number of rotatable bonds is 8. The fourth-order valence-corrected chi connectivity index (χ4v) is 7.43. The van der Waals surface area contributed by atoms with Crippen molar-refractivity contribution in [1.82, 2.24) is 9.55 Å². The quantitative estimate of drug-likeness (QED) is 0.228. The zero-order chi connectivity index (χ0) is 24.2. The van der Waals surface area contributed by atoms with Crippen molar-refractivity contribution in [3.8, 4) is 0 Å². The number of thioether (sulfide) groups is 1. The van der Waals surface area contributed by atoms with E-state index in [1.807, 2.05) is 0 Å². The van der Waals surface area contributed by atoms with Gasteiger partial charge in [-0.2, -0.15) is 13.6 Å². The molecule has 32 heavy (non-hydrogen) atoms. The summed E-state index contributed by atoms with van der Waals surface area (Å²) in [5, 5.41) is 10.6. The van der Waals surface area contributed by atoms with Crippen molar-refractivity contribution >= 4 is 41.0 Å². The van der Waals surface area contributed by atoms with E-state index in [0.29, 0.717) is 5.75 Å². The van der Waals surface area contributed by atoms with Gasteiger partial charge in [0.2, 0.25) is 0 Å². The Morgan fingerprint density at radius 2 is 1.91 bits per heavy atom. The van der Waals surface area contributed by atoms with Crippen molar-refractivity contribution in [3.05, 3.63) is 22.7 Å². The number of aliphatic hydroxyl groups excluding tert-OH is 1. The number of nitrogen functional groups attached to an aromatic ring is 1. The van der Waals surface area contributed by atoms with Gasteiger partial charge in [-0.25, -0.2) is 22.9 Å². The summed E-state index contributed by atoms with van der Waals surface area (Å²) in [4.78, 5) is 51.3. The Bertz CT molecular complexity index is 1090. The number of hydrogen-bond acceptors (Lipinski definition) is 12. The number of phosphoric ester groups is 1. The van der Waals surface area contributed by atoms with Crippen LogP contribution in [0.1, 0.15) is 12.6 Å². The first-order valence-corrected chi connectivity index (χ1v) is 13.8. The van der Waals surface area contributed by atoms with Gasteiger partial charge >= 0.3 is 29.2 Å². The molecule has 21 heteroatoms. The number of anilines is 1. The minimum atomic E-state index is -5.82. The largest absolute Gasteiger partial charge is 0.490 e. The molecule has 0 aromatic carbocycles. The van der Waals surface area contributed by atoms with Crippen LogP contribution in [-0.4, -0.2) is 63.3 Å². The number of alkyl halides is 1. The van der Waals surface area contributed by atoms with Gasteiger partial charge in [0.25, 0.3) is 5.85 Å². The number of aromatic nitrogens is 2. The Balaban J connectivity index is 1.79. The minimum Gasteiger partial charge on any atom is -0.385 e. The molecule has 6 atom stereocenters. The maximum atomic E-state index is 15.5. The van der Waals surface area contributed by atoms with E-state index in [1.54, 1.807) is 0 Å². The first kappa shape index (κ1) is 25.9. The van der Waals surface area contributed by atoms with Crippen LogP contribution in [0.3, 0.4) is 0 Å². The molecule has 0 bridgehead atoms. The summed E-state index contributed by atoms with van der Waals surface area (Å²) in [6.07, 6.45) is -2.14. The summed E-state index contributed by atoms with van der Waals surface area (Å²) in [6.45, 7) is -1.55. The normalized spacial score (nSPS) is 34.1. The number of ether oxygens (including phenoxy) is 1. The van der Waals surface area contributed by atoms with Crippen LogP contribution in [0.25, 0.3) is 0 Å². The zero-order valence-corrected chi connectivity index (χ0v) is 19.0. The Hall–Kier alpha value is -0.710. The van der Waals surface area contributed by atoms with Gasteiger partial charge in [-0.05, 0) is 18.2 Å². The molecule has 0 saturated carbocycles. The molecule has 0 radical (unpaired) electrons. The van der Waals surface area contributed by atoms with Gasteiger partial charge in [0, 0.05) is 6.20 Å². The van der Waals surface area contributed by atoms with E-state index in [-0.39, 0.29) is 12.2 Å². The monoisotopic (exact) mass is 543 g/mol. The summed E-state index contributed by atoms with van der Waals surface area (Å²) in [6, 6.07) is 1.22. The van der Waals surface area contributed by atoms with E-state index in [1.165, 1.54) is 6.07 Å². The predicted molar refractivity (Wildman–Crippen MR) is 102 cm³/mol. The van der Waals surface area contributed by atoms with Crippen LogP contribution < -0.4 is 11.4 Å². The Morgan fingerprint density at radius 3 is 2.41 bits per heavy atom. The SMILES string of the molecule is Nc1ccn([C@@H]2O[C@](F)(COP(=O)(O)OP(=O)(O)OP(=O)(O)O)[C@@H](O)[C@]23CCS3)c(=O)n1. The first-order valence-electron chi connectivity index (χ1n) is 8.30. The van der Waals surface area contributed by atoms with Crippen molar-refractivity contribution in [2.75, 3.05) is 18.1 Å². The summed E-state index contributed by atoms with van der Waals surface area (Å²) in [5.74, 6) is -2.89. The van der Waals surface area contributed by atoms with Crippen LogP contribution in [0.4, 0.5) is 10.2 Å². The summed E-state index contributed by atoms with van der Waals surface area (Å²) in [7, 11) is -17.1. The van der Waals surface area contributed by atoms with Crippen molar-refractivity contribution < 1.29 is 60.6 Å². The highest BCUT2D eigenvalue weighted by Crippen LogP contribution is 2.67. The van der Waals surface area contributed by atoms with Gasteiger partial charge in [0.15, 0.2) is 6.23 Å². The molecule has 2 aliphatic rings. The predicted octanol–water partition coefficient (Wildman–Crippen LogP) is -0.400. The van der Waals surface area contributed by atoms with Gasteiger partial charge in [0.1, 0.15) is 18.5 Å². The van der Waals surface area contributed by atoms with E-state index in [9.17, 15) is 28.5 Å². The summed E-state index contributed by atoms with van der Waals surface area (Å²) < 4.78 is 65.3. The average Bonchev–Trinajstić information content (AvgIpc) is 2.78. The maximum absolute atomic E-state index is 15.5. The van der Waals surface area contributed by atoms with Gasteiger partial charge < -0.3 is 35.2 Å². The Labute approximate surface area is 181 Å². The van der Waals surface area contributed by atoms with E-state index in [4.69, 9.17) is 25.2 Å². The van der Waals surface area contributed by atoms with Crippen molar-refractivity contribution in [2.24, 2.45) is 0 Å². The lowest BCUT2D eigenvalue weighted by Gasteiger charge is -2.43. The number of halogens is 1. The molecule has 7 N–H and O–H groups in total.